The van der Waals surface area contributed by atoms with Crippen molar-refractivity contribution in [3.63, 3.8) is 0 Å². The van der Waals surface area contributed by atoms with Gasteiger partial charge in [0.1, 0.15) is 18.1 Å². The molecule has 0 fully saturated rings. The van der Waals surface area contributed by atoms with Crippen molar-refractivity contribution in [1.29, 1.82) is 0 Å². The maximum absolute atomic E-state index is 12.2. The van der Waals surface area contributed by atoms with Crippen LogP contribution in [0.15, 0.2) is 71.2 Å². The Morgan fingerprint density at radius 1 is 0.885 bits per heavy atom. The molecule has 3 rings (SSSR count). The van der Waals surface area contributed by atoms with Gasteiger partial charge in [0.05, 0.1) is 4.47 Å². The molecule has 0 aliphatic carbocycles. The summed E-state index contributed by atoms with van der Waals surface area (Å²) < 4.78 is 23.9. The molecule has 0 N–H and O–H groups in total. The fourth-order valence-electron chi connectivity index (χ4n) is 2.72. The topological polar surface area (TPSA) is 18.5 Å². The average Bonchev–Trinajstić information content (AvgIpc) is 2.66. The van der Waals surface area contributed by atoms with E-state index < -0.39 is 6.86 Å². The molecule has 0 amide bonds. The first kappa shape index (κ1) is 18.5. The lowest BCUT2D eigenvalue weighted by Gasteiger charge is -2.13. The van der Waals surface area contributed by atoms with Crippen LogP contribution in [0.4, 0.5) is 4.39 Å². The highest BCUT2D eigenvalue weighted by Crippen LogP contribution is 2.30. The number of hydrogen-bond acceptors (Lipinski definition) is 2. The minimum atomic E-state index is -0.810. The van der Waals surface area contributed by atoms with Crippen molar-refractivity contribution in [3.05, 3.63) is 93.5 Å². The van der Waals surface area contributed by atoms with Gasteiger partial charge in [-0.05, 0) is 75.8 Å². The molecule has 0 aliphatic rings. The average molecular weight is 415 g/mol. The second-order valence-corrected chi connectivity index (χ2v) is 6.91. The Morgan fingerprint density at radius 3 is 2.31 bits per heavy atom. The molecule has 0 saturated carbocycles. The lowest BCUT2D eigenvalue weighted by molar-refractivity contribution is 0.191. The summed E-state index contributed by atoms with van der Waals surface area (Å²) in [7, 11) is 0. The third-order valence-electron chi connectivity index (χ3n) is 4.17. The highest BCUT2D eigenvalue weighted by molar-refractivity contribution is 9.10. The van der Waals surface area contributed by atoms with Crippen molar-refractivity contribution in [2.24, 2.45) is 0 Å². The van der Waals surface area contributed by atoms with Crippen LogP contribution in [0.3, 0.4) is 0 Å². The molecule has 0 spiro atoms. The maximum atomic E-state index is 12.2. The summed E-state index contributed by atoms with van der Waals surface area (Å²) in [5.74, 6) is 1.38. The molecule has 26 heavy (non-hydrogen) atoms. The normalized spacial score (nSPS) is 10.6. The first-order chi connectivity index (χ1) is 12.7. The summed E-state index contributed by atoms with van der Waals surface area (Å²) in [6.45, 7) is 1.81. The predicted octanol–water partition coefficient (Wildman–Crippen LogP) is 6.23. The molecule has 0 unspecified atom stereocenters. The number of ether oxygens (including phenoxy) is 2. The highest BCUT2D eigenvalue weighted by Gasteiger charge is 2.08. The van der Waals surface area contributed by atoms with E-state index in [9.17, 15) is 4.39 Å². The first-order valence-electron chi connectivity index (χ1n) is 8.39. The lowest BCUT2D eigenvalue weighted by atomic mass is 10.0. The van der Waals surface area contributed by atoms with Gasteiger partial charge in [-0.15, -0.1) is 0 Å². The number of benzene rings is 3. The molecule has 0 heterocycles. The molecular formula is C22H20BrFO2. The minimum Gasteiger partial charge on any atom is -0.488 e. The van der Waals surface area contributed by atoms with Crippen molar-refractivity contribution in [2.75, 3.05) is 6.86 Å². The van der Waals surface area contributed by atoms with Crippen molar-refractivity contribution >= 4 is 15.9 Å². The summed E-state index contributed by atoms with van der Waals surface area (Å²) >= 11 is 3.61. The van der Waals surface area contributed by atoms with Gasteiger partial charge in [0.25, 0.3) is 0 Å². The number of aryl methyl sites for hydroxylation is 1. The highest BCUT2D eigenvalue weighted by atomic mass is 79.9. The standard InChI is InChI=1S/C22H20BrFO2/c1-16-11-22(25-14-18-5-3-2-4-6-18)21(23)13-19(16)12-17-7-9-20(10-8-17)26-15-24/h2-11,13H,12,14-15H2,1H3. The van der Waals surface area contributed by atoms with Crippen LogP contribution in [-0.2, 0) is 13.0 Å². The third-order valence-corrected chi connectivity index (χ3v) is 4.79. The van der Waals surface area contributed by atoms with E-state index in [1.807, 2.05) is 42.5 Å². The van der Waals surface area contributed by atoms with Crippen LogP contribution in [0.2, 0.25) is 0 Å². The SMILES string of the molecule is Cc1cc(OCc2ccccc2)c(Br)cc1Cc1ccc(OCF)cc1. The van der Waals surface area contributed by atoms with E-state index in [1.54, 1.807) is 12.1 Å². The number of alkyl halides is 1. The van der Waals surface area contributed by atoms with Gasteiger partial charge in [-0.1, -0.05) is 42.5 Å². The molecule has 0 bridgehead atoms. The Labute approximate surface area is 161 Å². The number of halogens is 2. The van der Waals surface area contributed by atoms with Crippen molar-refractivity contribution in [3.8, 4) is 11.5 Å². The Bertz CT molecular complexity index is 848. The van der Waals surface area contributed by atoms with E-state index in [1.165, 1.54) is 11.1 Å². The Balaban J connectivity index is 1.70. The number of hydrogen-bond donors (Lipinski definition) is 0. The molecule has 3 aromatic carbocycles. The van der Waals surface area contributed by atoms with Crippen LogP contribution in [0, 0.1) is 6.92 Å². The molecule has 3 aromatic rings. The maximum Gasteiger partial charge on any atom is 0.228 e. The first-order valence-corrected chi connectivity index (χ1v) is 9.18. The van der Waals surface area contributed by atoms with E-state index in [4.69, 9.17) is 9.47 Å². The zero-order chi connectivity index (χ0) is 18.4. The number of rotatable bonds is 7. The summed E-state index contributed by atoms with van der Waals surface area (Å²) in [6.07, 6.45) is 0.791. The summed E-state index contributed by atoms with van der Waals surface area (Å²) in [5, 5.41) is 0. The van der Waals surface area contributed by atoms with E-state index in [-0.39, 0.29) is 0 Å². The zero-order valence-electron chi connectivity index (χ0n) is 14.5. The van der Waals surface area contributed by atoms with Crippen molar-refractivity contribution in [2.45, 2.75) is 20.0 Å². The molecule has 0 atom stereocenters. The van der Waals surface area contributed by atoms with Crippen LogP contribution in [-0.4, -0.2) is 6.86 Å². The zero-order valence-corrected chi connectivity index (χ0v) is 16.1. The van der Waals surface area contributed by atoms with Gasteiger partial charge in [0.2, 0.25) is 6.86 Å². The minimum absolute atomic E-state index is 0.536. The van der Waals surface area contributed by atoms with Crippen LogP contribution in [0.25, 0.3) is 0 Å². The second-order valence-electron chi connectivity index (χ2n) is 6.06. The molecule has 4 heteroatoms. The predicted molar refractivity (Wildman–Crippen MR) is 106 cm³/mol. The van der Waals surface area contributed by atoms with Crippen LogP contribution >= 0.6 is 15.9 Å². The molecule has 0 aromatic heterocycles. The van der Waals surface area contributed by atoms with Crippen LogP contribution < -0.4 is 9.47 Å². The van der Waals surface area contributed by atoms with E-state index in [0.29, 0.717) is 12.4 Å². The van der Waals surface area contributed by atoms with E-state index in [2.05, 4.69) is 35.0 Å². The molecule has 134 valence electrons. The van der Waals surface area contributed by atoms with Gasteiger partial charge in [0, 0.05) is 0 Å². The van der Waals surface area contributed by atoms with Gasteiger partial charge in [0.15, 0.2) is 0 Å². The van der Waals surface area contributed by atoms with Crippen LogP contribution in [0.1, 0.15) is 22.3 Å². The summed E-state index contributed by atoms with van der Waals surface area (Å²) in [6, 6.07) is 21.7. The Hall–Kier alpha value is -2.33. The van der Waals surface area contributed by atoms with Crippen molar-refractivity contribution < 1.29 is 13.9 Å². The van der Waals surface area contributed by atoms with Gasteiger partial charge in [-0.2, -0.15) is 0 Å². The lowest BCUT2D eigenvalue weighted by Crippen LogP contribution is -1.99. The molecule has 0 saturated heterocycles. The molecule has 0 radical (unpaired) electrons. The molecule has 2 nitrogen and oxygen atoms in total. The van der Waals surface area contributed by atoms with Gasteiger partial charge >= 0.3 is 0 Å². The van der Waals surface area contributed by atoms with Gasteiger partial charge in [-0.25, -0.2) is 4.39 Å². The summed E-state index contributed by atoms with van der Waals surface area (Å²) in [5.41, 5.74) is 4.66. The van der Waals surface area contributed by atoms with Crippen molar-refractivity contribution in [1.82, 2.24) is 0 Å². The third kappa shape index (κ3) is 4.85. The summed E-state index contributed by atoms with van der Waals surface area (Å²) in [4.78, 5) is 0. The van der Waals surface area contributed by atoms with E-state index in [0.717, 1.165) is 27.8 Å². The Kier molecular flexibility index (Phi) is 6.29. The molecule has 0 aliphatic heterocycles. The van der Waals surface area contributed by atoms with Gasteiger partial charge < -0.3 is 9.47 Å². The Morgan fingerprint density at radius 2 is 1.62 bits per heavy atom. The van der Waals surface area contributed by atoms with E-state index >= 15 is 0 Å². The second kappa shape index (κ2) is 8.86. The van der Waals surface area contributed by atoms with Gasteiger partial charge in [-0.3, -0.25) is 0 Å². The van der Waals surface area contributed by atoms with Crippen LogP contribution in [0.5, 0.6) is 11.5 Å². The quantitative estimate of drug-likeness (QED) is 0.455. The largest absolute Gasteiger partial charge is 0.488 e. The fourth-order valence-corrected chi connectivity index (χ4v) is 3.22. The monoisotopic (exact) mass is 414 g/mol. The molecular weight excluding hydrogens is 395 g/mol. The fraction of sp³-hybridized carbons (Fsp3) is 0.182. The smallest absolute Gasteiger partial charge is 0.228 e.